The highest BCUT2D eigenvalue weighted by Gasteiger charge is 2.36. The number of aromatic nitrogens is 2. The Kier molecular flexibility index (Phi) is 5.92. The van der Waals surface area contributed by atoms with E-state index in [-0.39, 0.29) is 33.5 Å². The van der Waals surface area contributed by atoms with Crippen LogP contribution in [0.1, 0.15) is 29.3 Å². The van der Waals surface area contributed by atoms with E-state index in [1.54, 1.807) is 49.6 Å². The van der Waals surface area contributed by atoms with Crippen LogP contribution in [0.15, 0.2) is 76.6 Å². The number of amides is 2. The molecule has 2 N–H and O–H groups in total. The van der Waals surface area contributed by atoms with Crippen LogP contribution in [0.25, 0.3) is 11.3 Å². The van der Waals surface area contributed by atoms with Crippen molar-refractivity contribution in [1.29, 1.82) is 0 Å². The molecule has 1 aliphatic rings. The highest BCUT2D eigenvalue weighted by molar-refractivity contribution is 6.33. The van der Waals surface area contributed by atoms with Crippen LogP contribution < -0.4 is 5.32 Å². The summed E-state index contributed by atoms with van der Waals surface area (Å²) in [6.45, 7) is 1.59. The topological polar surface area (TPSA) is 104 Å². The standard InChI is InChI=1S/C25H19ClFN5O3/c1-14-23(24(31-35-14)22-17(26)8-4-9-18(22)27)29-25(34)32-20(16-7-2-3-10-21(16)33)12-19(30-32)15-6-5-11-28-13-15/h2-11,13,20,33H,12H2,1H3,(H,29,34). The lowest BCUT2D eigenvalue weighted by Crippen LogP contribution is -2.31. The van der Waals surface area contributed by atoms with Crippen LogP contribution in [0.2, 0.25) is 5.02 Å². The number of benzene rings is 2. The Hall–Kier alpha value is -4.24. The Balaban J connectivity index is 1.53. The van der Waals surface area contributed by atoms with E-state index in [1.807, 2.05) is 6.07 Å². The molecule has 0 saturated carbocycles. The van der Waals surface area contributed by atoms with E-state index in [4.69, 9.17) is 16.1 Å². The molecule has 8 nitrogen and oxygen atoms in total. The van der Waals surface area contributed by atoms with Gasteiger partial charge in [-0.05, 0) is 31.2 Å². The van der Waals surface area contributed by atoms with Crippen molar-refractivity contribution >= 4 is 29.0 Å². The number of phenolic OH excluding ortho intramolecular Hbond substituents is 1. The first-order chi connectivity index (χ1) is 16.9. The van der Waals surface area contributed by atoms with Crippen molar-refractivity contribution in [2.75, 3.05) is 5.32 Å². The third-order valence-corrected chi connectivity index (χ3v) is 6.02. The molecule has 5 rings (SSSR count). The number of phenols is 1. The molecule has 0 fully saturated rings. The number of halogens is 2. The number of nitrogens with zero attached hydrogens (tertiary/aromatic N) is 4. The van der Waals surface area contributed by atoms with Crippen LogP contribution in [0.4, 0.5) is 14.9 Å². The monoisotopic (exact) mass is 491 g/mol. The number of para-hydroxylation sites is 1. The number of aromatic hydroxyl groups is 1. The Bertz CT molecular complexity index is 1420. The molecule has 1 unspecified atom stereocenters. The maximum atomic E-state index is 14.6. The second kappa shape index (κ2) is 9.19. The minimum atomic E-state index is -0.614. The third kappa shape index (κ3) is 4.22. The predicted molar refractivity (Wildman–Crippen MR) is 129 cm³/mol. The second-order valence-electron chi connectivity index (χ2n) is 7.90. The number of pyridine rings is 1. The van der Waals surface area contributed by atoms with Gasteiger partial charge in [-0.25, -0.2) is 14.2 Å². The zero-order valence-corrected chi connectivity index (χ0v) is 19.2. The van der Waals surface area contributed by atoms with Crippen molar-refractivity contribution in [3.05, 3.63) is 94.7 Å². The molecular formula is C25H19ClFN5O3. The van der Waals surface area contributed by atoms with Crippen LogP contribution in [-0.4, -0.2) is 32.0 Å². The number of hydrazone groups is 1. The summed E-state index contributed by atoms with van der Waals surface area (Å²) in [6, 6.07) is 13.4. The van der Waals surface area contributed by atoms with E-state index < -0.39 is 17.9 Å². The third-order valence-electron chi connectivity index (χ3n) is 5.70. The van der Waals surface area contributed by atoms with Crippen molar-refractivity contribution in [1.82, 2.24) is 15.1 Å². The molecule has 0 spiro atoms. The molecule has 35 heavy (non-hydrogen) atoms. The first kappa shape index (κ1) is 22.5. The molecule has 2 aromatic heterocycles. The molecule has 10 heteroatoms. The summed E-state index contributed by atoms with van der Waals surface area (Å²) in [7, 11) is 0. The summed E-state index contributed by atoms with van der Waals surface area (Å²) < 4.78 is 19.8. The summed E-state index contributed by atoms with van der Waals surface area (Å²) in [5.41, 5.74) is 2.16. The van der Waals surface area contributed by atoms with Gasteiger partial charge in [0.25, 0.3) is 0 Å². The fourth-order valence-electron chi connectivity index (χ4n) is 4.00. The number of nitrogens with one attached hydrogen (secondary N) is 1. The fraction of sp³-hybridized carbons (Fsp3) is 0.120. The Morgan fingerprint density at radius 1 is 1.20 bits per heavy atom. The van der Waals surface area contributed by atoms with Gasteiger partial charge in [0.1, 0.15) is 22.9 Å². The number of anilines is 1. The molecular weight excluding hydrogens is 473 g/mol. The first-order valence-electron chi connectivity index (χ1n) is 10.7. The van der Waals surface area contributed by atoms with Gasteiger partial charge in [0.2, 0.25) is 0 Å². The van der Waals surface area contributed by atoms with Gasteiger partial charge in [-0.1, -0.05) is 47.1 Å². The quantitative estimate of drug-likeness (QED) is 0.368. The lowest BCUT2D eigenvalue weighted by molar-refractivity contribution is 0.199. The SMILES string of the molecule is Cc1onc(-c2c(F)cccc2Cl)c1NC(=O)N1N=C(c2cccnc2)CC1c1ccccc1O. The van der Waals surface area contributed by atoms with Crippen molar-refractivity contribution in [2.45, 2.75) is 19.4 Å². The van der Waals surface area contributed by atoms with Gasteiger partial charge in [-0.3, -0.25) is 4.98 Å². The summed E-state index contributed by atoms with van der Waals surface area (Å²) in [5.74, 6) is -0.299. The molecule has 1 atom stereocenters. The van der Waals surface area contributed by atoms with E-state index in [1.165, 1.54) is 23.2 Å². The molecule has 0 aliphatic carbocycles. The summed E-state index contributed by atoms with van der Waals surface area (Å²) >= 11 is 6.22. The molecule has 2 aromatic carbocycles. The summed E-state index contributed by atoms with van der Waals surface area (Å²) in [5, 5.41) is 23.1. The lowest BCUT2D eigenvalue weighted by Gasteiger charge is -2.23. The number of carbonyl (C=O) groups excluding carboxylic acids is 1. The maximum absolute atomic E-state index is 14.6. The van der Waals surface area contributed by atoms with Crippen LogP contribution >= 0.6 is 11.6 Å². The summed E-state index contributed by atoms with van der Waals surface area (Å²) in [4.78, 5) is 17.6. The Morgan fingerprint density at radius 3 is 2.77 bits per heavy atom. The minimum Gasteiger partial charge on any atom is -0.508 e. The van der Waals surface area contributed by atoms with E-state index in [0.717, 1.165) is 5.56 Å². The minimum absolute atomic E-state index is 0.0135. The smallest absolute Gasteiger partial charge is 0.343 e. The van der Waals surface area contributed by atoms with Crippen molar-refractivity contribution < 1.29 is 18.8 Å². The van der Waals surface area contributed by atoms with Gasteiger partial charge < -0.3 is 14.9 Å². The molecule has 0 saturated heterocycles. The highest BCUT2D eigenvalue weighted by atomic mass is 35.5. The van der Waals surface area contributed by atoms with Crippen LogP contribution in [0, 0.1) is 12.7 Å². The van der Waals surface area contributed by atoms with Crippen molar-refractivity contribution in [2.24, 2.45) is 5.10 Å². The van der Waals surface area contributed by atoms with Crippen molar-refractivity contribution in [3.8, 4) is 17.0 Å². The van der Waals surface area contributed by atoms with Gasteiger partial charge >= 0.3 is 6.03 Å². The number of hydrogen-bond donors (Lipinski definition) is 2. The van der Waals surface area contributed by atoms with Gasteiger partial charge in [-0.2, -0.15) is 5.10 Å². The molecule has 176 valence electrons. The first-order valence-corrected chi connectivity index (χ1v) is 11.1. The predicted octanol–water partition coefficient (Wildman–Crippen LogP) is 5.93. The van der Waals surface area contributed by atoms with Crippen LogP contribution in [0.3, 0.4) is 0 Å². The number of carbonyl (C=O) groups is 1. The van der Waals surface area contributed by atoms with Gasteiger partial charge in [0, 0.05) is 29.9 Å². The number of aryl methyl sites for hydroxylation is 1. The lowest BCUT2D eigenvalue weighted by atomic mass is 9.98. The fourth-order valence-corrected chi connectivity index (χ4v) is 4.25. The van der Waals surface area contributed by atoms with Crippen molar-refractivity contribution in [3.63, 3.8) is 0 Å². The molecule has 3 heterocycles. The Labute approximate surface area is 204 Å². The van der Waals surface area contributed by atoms with E-state index in [0.29, 0.717) is 17.7 Å². The molecule has 4 aromatic rings. The Morgan fingerprint density at radius 2 is 2.03 bits per heavy atom. The van der Waals surface area contributed by atoms with Gasteiger partial charge in [0.05, 0.1) is 22.3 Å². The van der Waals surface area contributed by atoms with Crippen LogP contribution in [0.5, 0.6) is 5.75 Å². The molecule has 0 bridgehead atoms. The van der Waals surface area contributed by atoms with Crippen LogP contribution in [-0.2, 0) is 0 Å². The molecule has 1 aliphatic heterocycles. The normalized spacial score (nSPS) is 15.2. The number of hydrogen-bond acceptors (Lipinski definition) is 6. The average Bonchev–Trinajstić information content (AvgIpc) is 3.45. The second-order valence-corrected chi connectivity index (χ2v) is 8.31. The average molecular weight is 492 g/mol. The molecule has 0 radical (unpaired) electrons. The zero-order chi connectivity index (χ0) is 24.5. The van der Waals surface area contributed by atoms with E-state index in [2.05, 4.69) is 20.6 Å². The zero-order valence-electron chi connectivity index (χ0n) is 18.4. The van der Waals surface area contributed by atoms with Gasteiger partial charge in [-0.15, -0.1) is 0 Å². The summed E-state index contributed by atoms with van der Waals surface area (Å²) in [6.07, 6.45) is 3.66. The van der Waals surface area contributed by atoms with E-state index >= 15 is 0 Å². The number of rotatable bonds is 4. The highest BCUT2D eigenvalue weighted by Crippen LogP contribution is 2.39. The molecule has 2 amide bonds. The number of urea groups is 1. The van der Waals surface area contributed by atoms with Gasteiger partial charge in [0.15, 0.2) is 5.76 Å². The largest absolute Gasteiger partial charge is 0.508 e. The van der Waals surface area contributed by atoms with E-state index in [9.17, 15) is 14.3 Å². The maximum Gasteiger partial charge on any atom is 0.343 e.